The summed E-state index contributed by atoms with van der Waals surface area (Å²) in [7, 11) is 0. The van der Waals surface area contributed by atoms with Gasteiger partial charge in [0.25, 0.3) is 0 Å². The molecule has 0 saturated carbocycles. The van der Waals surface area contributed by atoms with E-state index in [1.54, 1.807) is 6.07 Å². The molecule has 0 heterocycles. The van der Waals surface area contributed by atoms with E-state index >= 15 is 0 Å². The third-order valence-electron chi connectivity index (χ3n) is 2.91. The van der Waals surface area contributed by atoms with Gasteiger partial charge in [-0.3, -0.25) is 0 Å². The number of hydrogen-bond donors (Lipinski definition) is 1. The number of halogens is 2. The number of nitrogens with two attached hydrogens (primary N) is 1. The summed E-state index contributed by atoms with van der Waals surface area (Å²) in [5, 5.41) is 0. The molecule has 2 N–H and O–H groups in total. The Morgan fingerprint density at radius 2 is 1.94 bits per heavy atom. The van der Waals surface area contributed by atoms with Gasteiger partial charge in [0, 0.05) is 4.47 Å². The van der Waals surface area contributed by atoms with Crippen LogP contribution in [0.1, 0.15) is 26.3 Å². The quantitative estimate of drug-likeness (QED) is 0.900. The van der Waals surface area contributed by atoms with Crippen LogP contribution in [0.2, 0.25) is 0 Å². The van der Waals surface area contributed by atoms with Crippen molar-refractivity contribution >= 4 is 15.9 Å². The van der Waals surface area contributed by atoms with Crippen LogP contribution < -0.4 is 5.73 Å². The first kappa shape index (κ1) is 13.7. The molecule has 1 aromatic rings. The van der Waals surface area contributed by atoms with Gasteiger partial charge in [0.05, 0.1) is 0 Å². The van der Waals surface area contributed by atoms with Crippen molar-refractivity contribution in [1.82, 2.24) is 0 Å². The first-order valence-electron chi connectivity index (χ1n) is 5.48. The predicted octanol–water partition coefficient (Wildman–Crippen LogP) is 3.75. The lowest BCUT2D eigenvalue weighted by atomic mass is 9.77. The minimum absolute atomic E-state index is 0.146. The average molecular weight is 288 g/mol. The molecule has 0 aromatic heterocycles. The first-order valence-corrected chi connectivity index (χ1v) is 6.27. The molecule has 0 saturated heterocycles. The topological polar surface area (TPSA) is 26.0 Å². The van der Waals surface area contributed by atoms with E-state index in [0.717, 1.165) is 16.5 Å². The molecule has 90 valence electrons. The maximum atomic E-state index is 13.2. The summed E-state index contributed by atoms with van der Waals surface area (Å²) in [5.74, 6) is 0.162. The average Bonchev–Trinajstić information content (AvgIpc) is 2.10. The molecule has 1 aromatic carbocycles. The van der Waals surface area contributed by atoms with Crippen LogP contribution in [0.5, 0.6) is 0 Å². The highest BCUT2D eigenvalue weighted by Crippen LogP contribution is 2.29. The van der Waals surface area contributed by atoms with Crippen molar-refractivity contribution in [2.24, 2.45) is 17.1 Å². The van der Waals surface area contributed by atoms with Gasteiger partial charge in [-0.2, -0.15) is 0 Å². The highest BCUT2D eigenvalue weighted by molar-refractivity contribution is 9.10. The number of hydrogen-bond acceptors (Lipinski definition) is 1. The van der Waals surface area contributed by atoms with Crippen molar-refractivity contribution in [2.75, 3.05) is 6.54 Å². The molecule has 1 rings (SSSR count). The van der Waals surface area contributed by atoms with Gasteiger partial charge in [0.1, 0.15) is 5.82 Å². The van der Waals surface area contributed by atoms with Gasteiger partial charge in [-0.05, 0) is 48.1 Å². The Kier molecular flexibility index (Phi) is 4.51. The van der Waals surface area contributed by atoms with Gasteiger partial charge in [0.2, 0.25) is 0 Å². The van der Waals surface area contributed by atoms with Crippen molar-refractivity contribution in [3.8, 4) is 0 Å². The highest BCUT2D eigenvalue weighted by Gasteiger charge is 2.23. The van der Waals surface area contributed by atoms with E-state index in [4.69, 9.17) is 5.73 Å². The maximum Gasteiger partial charge on any atom is 0.124 e. The number of benzene rings is 1. The third-order valence-corrected chi connectivity index (χ3v) is 3.37. The summed E-state index contributed by atoms with van der Waals surface area (Å²) >= 11 is 3.30. The zero-order valence-electron chi connectivity index (χ0n) is 10.1. The molecule has 0 spiro atoms. The van der Waals surface area contributed by atoms with Crippen LogP contribution in [0.15, 0.2) is 22.7 Å². The van der Waals surface area contributed by atoms with Crippen LogP contribution >= 0.6 is 15.9 Å². The Labute approximate surface area is 105 Å². The molecular formula is C13H19BrFN. The van der Waals surface area contributed by atoms with Gasteiger partial charge in [-0.15, -0.1) is 0 Å². The fraction of sp³-hybridized carbons (Fsp3) is 0.538. The summed E-state index contributed by atoms with van der Waals surface area (Å²) < 4.78 is 14.0. The van der Waals surface area contributed by atoms with Gasteiger partial charge >= 0.3 is 0 Å². The zero-order chi connectivity index (χ0) is 12.3. The van der Waals surface area contributed by atoms with Crippen molar-refractivity contribution in [3.63, 3.8) is 0 Å². The van der Waals surface area contributed by atoms with Crippen LogP contribution in [0.3, 0.4) is 0 Å². The first-order chi connectivity index (χ1) is 7.32. The smallest absolute Gasteiger partial charge is 0.124 e. The fourth-order valence-electron chi connectivity index (χ4n) is 1.76. The Bertz CT molecular complexity index is 337. The SMILES string of the molecule is CC(C)(C)C(CN)Cc1cc(F)cc(Br)c1. The molecule has 0 aliphatic heterocycles. The van der Waals surface area contributed by atoms with Gasteiger partial charge < -0.3 is 5.73 Å². The summed E-state index contributed by atoms with van der Waals surface area (Å²) in [4.78, 5) is 0. The molecule has 0 amide bonds. The molecule has 1 unspecified atom stereocenters. The lowest BCUT2D eigenvalue weighted by Gasteiger charge is -2.29. The van der Waals surface area contributed by atoms with E-state index < -0.39 is 0 Å². The monoisotopic (exact) mass is 287 g/mol. The van der Waals surface area contributed by atoms with Crippen molar-refractivity contribution in [1.29, 1.82) is 0 Å². The second-order valence-electron chi connectivity index (χ2n) is 5.28. The molecule has 0 radical (unpaired) electrons. The second-order valence-corrected chi connectivity index (χ2v) is 6.20. The van der Waals surface area contributed by atoms with E-state index in [-0.39, 0.29) is 11.2 Å². The molecule has 0 aliphatic carbocycles. The lowest BCUT2D eigenvalue weighted by molar-refractivity contribution is 0.245. The van der Waals surface area contributed by atoms with Gasteiger partial charge in [0.15, 0.2) is 0 Å². The Morgan fingerprint density at radius 1 is 1.31 bits per heavy atom. The van der Waals surface area contributed by atoms with Crippen molar-refractivity contribution in [2.45, 2.75) is 27.2 Å². The predicted molar refractivity (Wildman–Crippen MR) is 69.8 cm³/mol. The van der Waals surface area contributed by atoms with Crippen LogP contribution in [-0.4, -0.2) is 6.54 Å². The van der Waals surface area contributed by atoms with Crippen molar-refractivity contribution in [3.05, 3.63) is 34.1 Å². The summed E-state index contributed by atoms with van der Waals surface area (Å²) in [6, 6.07) is 5.01. The summed E-state index contributed by atoms with van der Waals surface area (Å²) in [5.41, 5.74) is 6.92. The Balaban J connectivity index is 2.86. The second kappa shape index (κ2) is 5.28. The van der Waals surface area contributed by atoms with Gasteiger partial charge in [-0.25, -0.2) is 4.39 Å². The molecule has 1 atom stereocenters. The van der Waals surface area contributed by atoms with Crippen LogP contribution in [0, 0.1) is 17.2 Å². The third kappa shape index (κ3) is 3.87. The molecule has 0 fully saturated rings. The van der Waals surface area contributed by atoms with Gasteiger partial charge in [-0.1, -0.05) is 36.7 Å². The maximum absolute atomic E-state index is 13.2. The van der Waals surface area contributed by atoms with E-state index in [9.17, 15) is 4.39 Å². The fourth-order valence-corrected chi connectivity index (χ4v) is 2.27. The van der Waals surface area contributed by atoms with E-state index in [2.05, 4.69) is 36.7 Å². The standard InChI is InChI=1S/C13H19BrFN/c1-13(2,3)10(8-16)4-9-5-11(14)7-12(15)6-9/h5-7,10H,4,8,16H2,1-3H3. The minimum atomic E-state index is -0.200. The molecule has 0 aliphatic rings. The van der Waals surface area contributed by atoms with E-state index in [0.29, 0.717) is 12.5 Å². The lowest BCUT2D eigenvalue weighted by Crippen LogP contribution is -2.29. The largest absolute Gasteiger partial charge is 0.330 e. The highest BCUT2D eigenvalue weighted by atomic mass is 79.9. The number of rotatable bonds is 3. The van der Waals surface area contributed by atoms with E-state index in [1.165, 1.54) is 6.07 Å². The van der Waals surface area contributed by atoms with Crippen LogP contribution in [0.4, 0.5) is 4.39 Å². The Hall–Kier alpha value is -0.410. The minimum Gasteiger partial charge on any atom is -0.330 e. The molecule has 16 heavy (non-hydrogen) atoms. The summed E-state index contributed by atoms with van der Waals surface area (Å²) in [6.45, 7) is 7.12. The van der Waals surface area contributed by atoms with Crippen molar-refractivity contribution < 1.29 is 4.39 Å². The normalized spacial score (nSPS) is 13.9. The Morgan fingerprint density at radius 3 is 2.38 bits per heavy atom. The zero-order valence-corrected chi connectivity index (χ0v) is 11.6. The molecule has 1 nitrogen and oxygen atoms in total. The molecule has 3 heteroatoms. The van der Waals surface area contributed by atoms with E-state index in [1.807, 2.05) is 6.07 Å². The molecule has 0 bridgehead atoms. The van der Waals surface area contributed by atoms with Crippen LogP contribution in [0.25, 0.3) is 0 Å². The summed E-state index contributed by atoms with van der Waals surface area (Å²) in [6.07, 6.45) is 0.816. The molecular weight excluding hydrogens is 269 g/mol. The van der Waals surface area contributed by atoms with Crippen LogP contribution in [-0.2, 0) is 6.42 Å².